The van der Waals surface area contributed by atoms with E-state index in [2.05, 4.69) is 5.32 Å². The highest BCUT2D eigenvalue weighted by Crippen LogP contribution is 2.06. The van der Waals surface area contributed by atoms with Crippen molar-refractivity contribution in [3.8, 4) is 0 Å². The fourth-order valence-corrected chi connectivity index (χ4v) is 0.941. The van der Waals surface area contributed by atoms with Crippen LogP contribution in [0.2, 0.25) is 0 Å². The van der Waals surface area contributed by atoms with E-state index < -0.39 is 27.1 Å². The third kappa shape index (κ3) is 7.15. The number of ether oxygens (including phenoxy) is 1. The second kappa shape index (κ2) is 4.80. The maximum atomic E-state index is 11.1. The van der Waals surface area contributed by atoms with E-state index >= 15 is 0 Å². The summed E-state index contributed by atoms with van der Waals surface area (Å²) in [6.45, 7) is 6.18. The number of carbonyl (C=O) groups is 1. The average molecular weight is 239 g/mol. The normalized spacial score (nSPS) is 14.5. The minimum absolute atomic E-state index is 0.187. The summed E-state index contributed by atoms with van der Waals surface area (Å²) in [6, 6.07) is 0. The van der Waals surface area contributed by atoms with Crippen molar-refractivity contribution in [1.29, 1.82) is 0 Å². The fraction of sp³-hybridized carbons (Fsp3) is 0.875. The lowest BCUT2D eigenvalue weighted by molar-refractivity contribution is 0.0528. The molecule has 0 aromatic rings. The van der Waals surface area contributed by atoms with Crippen molar-refractivity contribution in [3.63, 3.8) is 0 Å². The van der Waals surface area contributed by atoms with Crippen LogP contribution in [0.4, 0.5) is 4.79 Å². The van der Waals surface area contributed by atoms with Crippen molar-refractivity contribution in [2.75, 3.05) is 6.54 Å². The van der Waals surface area contributed by atoms with Crippen molar-refractivity contribution < 1.29 is 22.5 Å². The minimum atomic E-state index is -4.11. The van der Waals surface area contributed by atoms with Gasteiger partial charge in [-0.15, -0.1) is 0 Å². The van der Waals surface area contributed by atoms with E-state index in [9.17, 15) is 13.2 Å². The SMILES string of the molecule is CC(CNC(=O)OC(C)(C)C)S(=O)(=O)O. The van der Waals surface area contributed by atoms with Crippen LogP contribution >= 0.6 is 0 Å². The Kier molecular flexibility index (Phi) is 4.54. The third-order valence-electron chi connectivity index (χ3n) is 1.44. The van der Waals surface area contributed by atoms with Gasteiger partial charge in [-0.2, -0.15) is 8.42 Å². The summed E-state index contributed by atoms with van der Waals surface area (Å²) in [6.07, 6.45) is -0.710. The Labute approximate surface area is 89.7 Å². The summed E-state index contributed by atoms with van der Waals surface area (Å²) in [5.41, 5.74) is -0.634. The third-order valence-corrected chi connectivity index (χ3v) is 2.62. The van der Waals surface area contributed by atoms with Crippen molar-refractivity contribution in [3.05, 3.63) is 0 Å². The molecular formula is C8H17NO5S. The lowest BCUT2D eigenvalue weighted by Gasteiger charge is -2.20. The quantitative estimate of drug-likeness (QED) is 0.710. The summed E-state index contributed by atoms with van der Waals surface area (Å²) < 4.78 is 34.7. The van der Waals surface area contributed by atoms with Gasteiger partial charge in [0.2, 0.25) is 0 Å². The number of alkyl carbamates (subject to hydrolysis) is 1. The lowest BCUT2D eigenvalue weighted by Crippen LogP contribution is -2.38. The molecule has 7 heteroatoms. The molecule has 6 nitrogen and oxygen atoms in total. The Balaban J connectivity index is 4.03. The Morgan fingerprint density at radius 1 is 1.47 bits per heavy atom. The molecule has 0 fully saturated rings. The number of hydrogen-bond donors (Lipinski definition) is 2. The topological polar surface area (TPSA) is 92.7 Å². The zero-order chi connectivity index (χ0) is 12.3. The fourth-order valence-electron chi connectivity index (χ4n) is 0.647. The molecule has 0 aromatic carbocycles. The predicted molar refractivity (Wildman–Crippen MR) is 55.2 cm³/mol. The summed E-state index contributed by atoms with van der Waals surface area (Å²) >= 11 is 0. The minimum Gasteiger partial charge on any atom is -0.444 e. The maximum absolute atomic E-state index is 11.1. The van der Waals surface area contributed by atoms with E-state index in [1.54, 1.807) is 20.8 Å². The van der Waals surface area contributed by atoms with Gasteiger partial charge >= 0.3 is 6.09 Å². The molecule has 0 aliphatic rings. The second-order valence-electron chi connectivity index (χ2n) is 4.21. The predicted octanol–water partition coefficient (Wildman–Crippen LogP) is 0.787. The van der Waals surface area contributed by atoms with E-state index in [-0.39, 0.29) is 6.54 Å². The first-order chi connectivity index (χ1) is 6.52. The molecule has 1 atom stereocenters. The molecule has 0 aliphatic carbocycles. The van der Waals surface area contributed by atoms with Crippen molar-refractivity contribution in [2.45, 2.75) is 38.5 Å². The van der Waals surface area contributed by atoms with Crippen LogP contribution in [0.3, 0.4) is 0 Å². The number of rotatable bonds is 3. The number of nitrogens with one attached hydrogen (secondary N) is 1. The zero-order valence-electron chi connectivity index (χ0n) is 9.27. The molecule has 0 heterocycles. The molecule has 0 bridgehead atoms. The van der Waals surface area contributed by atoms with Gasteiger partial charge in [0, 0.05) is 6.54 Å². The summed E-state index contributed by atoms with van der Waals surface area (Å²) in [7, 11) is -4.11. The van der Waals surface area contributed by atoms with Gasteiger partial charge in [0.15, 0.2) is 0 Å². The highest BCUT2D eigenvalue weighted by atomic mass is 32.2. The first-order valence-corrected chi connectivity index (χ1v) is 5.96. The molecule has 90 valence electrons. The Morgan fingerprint density at radius 3 is 2.27 bits per heavy atom. The van der Waals surface area contributed by atoms with E-state index in [0.717, 1.165) is 0 Å². The van der Waals surface area contributed by atoms with Crippen LogP contribution in [0.5, 0.6) is 0 Å². The molecule has 0 aromatic heterocycles. The monoisotopic (exact) mass is 239 g/mol. The van der Waals surface area contributed by atoms with Gasteiger partial charge in [0.1, 0.15) is 10.9 Å². The average Bonchev–Trinajstić information content (AvgIpc) is 1.94. The van der Waals surface area contributed by atoms with Crippen LogP contribution in [0, 0.1) is 0 Å². The molecule has 1 amide bonds. The molecule has 0 saturated heterocycles. The first kappa shape index (κ1) is 14.2. The summed E-state index contributed by atoms with van der Waals surface area (Å²) in [5, 5.41) is 1.19. The summed E-state index contributed by atoms with van der Waals surface area (Å²) in [5.74, 6) is 0. The van der Waals surface area contributed by atoms with Crippen molar-refractivity contribution in [1.82, 2.24) is 5.32 Å². The van der Waals surface area contributed by atoms with Crippen molar-refractivity contribution in [2.24, 2.45) is 0 Å². The van der Waals surface area contributed by atoms with Crippen molar-refractivity contribution >= 4 is 16.2 Å². The second-order valence-corrected chi connectivity index (χ2v) is 6.04. The standard InChI is InChI=1S/C8H17NO5S/c1-6(15(11,12)13)5-9-7(10)14-8(2,3)4/h6H,5H2,1-4H3,(H,9,10)(H,11,12,13). The van der Waals surface area contributed by atoms with Gasteiger partial charge < -0.3 is 10.1 Å². The Hall–Kier alpha value is -0.820. The van der Waals surface area contributed by atoms with Gasteiger partial charge in [0.05, 0.1) is 0 Å². The highest BCUT2D eigenvalue weighted by molar-refractivity contribution is 7.86. The largest absolute Gasteiger partial charge is 0.444 e. The zero-order valence-corrected chi connectivity index (χ0v) is 10.1. The van der Waals surface area contributed by atoms with E-state index in [0.29, 0.717) is 0 Å². The molecule has 1 unspecified atom stereocenters. The van der Waals surface area contributed by atoms with E-state index in [4.69, 9.17) is 9.29 Å². The molecule has 2 N–H and O–H groups in total. The molecule has 0 radical (unpaired) electrons. The van der Waals surface area contributed by atoms with Crippen LogP contribution in [-0.2, 0) is 14.9 Å². The van der Waals surface area contributed by atoms with Crippen LogP contribution in [0.1, 0.15) is 27.7 Å². The molecule has 0 spiro atoms. The van der Waals surface area contributed by atoms with Gasteiger partial charge in [-0.05, 0) is 27.7 Å². The maximum Gasteiger partial charge on any atom is 0.407 e. The molecule has 0 aliphatic heterocycles. The summed E-state index contributed by atoms with van der Waals surface area (Å²) in [4.78, 5) is 11.1. The number of amides is 1. The molecule has 0 saturated carbocycles. The molecule has 0 rings (SSSR count). The first-order valence-electron chi connectivity index (χ1n) is 4.45. The Bertz CT molecular complexity index is 316. The van der Waals surface area contributed by atoms with Crippen LogP contribution < -0.4 is 5.32 Å². The van der Waals surface area contributed by atoms with Crippen LogP contribution in [0.15, 0.2) is 0 Å². The Morgan fingerprint density at radius 2 is 1.93 bits per heavy atom. The molecule has 15 heavy (non-hydrogen) atoms. The van der Waals surface area contributed by atoms with Crippen LogP contribution in [-0.4, -0.2) is 36.5 Å². The van der Waals surface area contributed by atoms with E-state index in [1.807, 2.05) is 0 Å². The van der Waals surface area contributed by atoms with Gasteiger partial charge in [-0.3, -0.25) is 4.55 Å². The van der Waals surface area contributed by atoms with Gasteiger partial charge in [0.25, 0.3) is 10.1 Å². The smallest absolute Gasteiger partial charge is 0.407 e. The van der Waals surface area contributed by atoms with Crippen LogP contribution in [0.25, 0.3) is 0 Å². The highest BCUT2D eigenvalue weighted by Gasteiger charge is 2.20. The van der Waals surface area contributed by atoms with E-state index in [1.165, 1.54) is 6.92 Å². The van der Waals surface area contributed by atoms with Gasteiger partial charge in [-0.25, -0.2) is 4.79 Å². The van der Waals surface area contributed by atoms with Gasteiger partial charge in [-0.1, -0.05) is 0 Å². The number of carbonyl (C=O) groups excluding carboxylic acids is 1. The number of hydrogen-bond acceptors (Lipinski definition) is 4. The lowest BCUT2D eigenvalue weighted by atomic mass is 10.2. The molecular weight excluding hydrogens is 222 g/mol.